The monoisotopic (exact) mass is 260 g/mol. The summed E-state index contributed by atoms with van der Waals surface area (Å²) in [6.45, 7) is 2.05. The van der Waals surface area contributed by atoms with Gasteiger partial charge in [0, 0.05) is 7.05 Å². The van der Waals surface area contributed by atoms with Gasteiger partial charge in [0.15, 0.2) is 0 Å². The Kier molecular flexibility index (Phi) is 4.00. The van der Waals surface area contributed by atoms with E-state index in [2.05, 4.69) is 4.98 Å². The molecular weight excluding hydrogens is 243 g/mol. The number of pyridine rings is 1. The van der Waals surface area contributed by atoms with Crippen molar-refractivity contribution in [1.82, 2.24) is 4.98 Å². The van der Waals surface area contributed by atoms with Crippen molar-refractivity contribution >= 4 is 5.82 Å². The van der Waals surface area contributed by atoms with E-state index >= 15 is 0 Å². The molecule has 0 bridgehead atoms. The number of methoxy groups -OCH3 is 1. The molecule has 0 radical (unpaired) electrons. The fourth-order valence-electron chi connectivity index (χ4n) is 1.90. The molecule has 0 aliphatic rings. The SMILES string of the molecule is COc1ccc(C(C)N(C)c2cccc(F)n2)cc1. The summed E-state index contributed by atoms with van der Waals surface area (Å²) in [6.07, 6.45) is 0. The van der Waals surface area contributed by atoms with E-state index in [0.29, 0.717) is 5.82 Å². The zero-order valence-corrected chi connectivity index (χ0v) is 11.3. The molecule has 0 saturated carbocycles. The molecule has 0 fully saturated rings. The van der Waals surface area contributed by atoms with E-state index in [1.54, 1.807) is 19.2 Å². The second-order valence-electron chi connectivity index (χ2n) is 4.38. The number of rotatable bonds is 4. The summed E-state index contributed by atoms with van der Waals surface area (Å²) in [5.74, 6) is 0.970. The van der Waals surface area contributed by atoms with E-state index in [9.17, 15) is 4.39 Å². The fraction of sp³-hybridized carbons (Fsp3) is 0.267. The number of hydrogen-bond donors (Lipinski definition) is 0. The first-order valence-electron chi connectivity index (χ1n) is 6.11. The molecule has 1 heterocycles. The van der Waals surface area contributed by atoms with Crippen LogP contribution in [0.5, 0.6) is 5.75 Å². The van der Waals surface area contributed by atoms with Crippen molar-refractivity contribution in [3.63, 3.8) is 0 Å². The lowest BCUT2D eigenvalue weighted by molar-refractivity contribution is 0.414. The number of nitrogens with zero attached hydrogens (tertiary/aromatic N) is 2. The summed E-state index contributed by atoms with van der Waals surface area (Å²) in [5, 5.41) is 0. The number of halogens is 1. The highest BCUT2D eigenvalue weighted by Gasteiger charge is 2.13. The second-order valence-corrected chi connectivity index (χ2v) is 4.38. The molecule has 2 rings (SSSR count). The van der Waals surface area contributed by atoms with Crippen LogP contribution in [-0.2, 0) is 0 Å². The lowest BCUT2D eigenvalue weighted by atomic mass is 10.1. The third-order valence-electron chi connectivity index (χ3n) is 3.24. The van der Waals surface area contributed by atoms with Gasteiger partial charge in [-0.1, -0.05) is 18.2 Å². The maximum Gasteiger partial charge on any atom is 0.214 e. The van der Waals surface area contributed by atoms with E-state index < -0.39 is 5.95 Å². The maximum atomic E-state index is 13.1. The molecule has 1 unspecified atom stereocenters. The smallest absolute Gasteiger partial charge is 0.214 e. The second kappa shape index (κ2) is 5.69. The summed E-state index contributed by atoms with van der Waals surface area (Å²) in [5.41, 5.74) is 1.12. The number of hydrogen-bond acceptors (Lipinski definition) is 3. The third kappa shape index (κ3) is 3.02. The van der Waals surface area contributed by atoms with Crippen molar-refractivity contribution in [2.45, 2.75) is 13.0 Å². The minimum absolute atomic E-state index is 0.0974. The van der Waals surface area contributed by atoms with Crippen LogP contribution < -0.4 is 9.64 Å². The summed E-state index contributed by atoms with van der Waals surface area (Å²) in [4.78, 5) is 5.82. The molecule has 3 nitrogen and oxygen atoms in total. The Morgan fingerprint density at radius 3 is 2.42 bits per heavy atom. The minimum atomic E-state index is -0.466. The highest BCUT2D eigenvalue weighted by Crippen LogP contribution is 2.25. The Morgan fingerprint density at radius 1 is 1.16 bits per heavy atom. The molecule has 19 heavy (non-hydrogen) atoms. The van der Waals surface area contributed by atoms with Crippen molar-refractivity contribution in [3.05, 3.63) is 54.0 Å². The highest BCUT2D eigenvalue weighted by atomic mass is 19.1. The van der Waals surface area contributed by atoms with Crippen molar-refractivity contribution in [3.8, 4) is 5.75 Å². The first-order chi connectivity index (χ1) is 9.11. The lowest BCUT2D eigenvalue weighted by Crippen LogP contribution is -2.22. The summed E-state index contributed by atoms with van der Waals surface area (Å²) >= 11 is 0. The van der Waals surface area contributed by atoms with Gasteiger partial charge in [0.1, 0.15) is 11.6 Å². The predicted molar refractivity (Wildman–Crippen MR) is 74.0 cm³/mol. The van der Waals surface area contributed by atoms with E-state index in [0.717, 1.165) is 11.3 Å². The van der Waals surface area contributed by atoms with Crippen molar-refractivity contribution in [2.75, 3.05) is 19.1 Å². The van der Waals surface area contributed by atoms with E-state index in [1.165, 1.54) is 6.07 Å². The van der Waals surface area contributed by atoms with Gasteiger partial charge in [0.25, 0.3) is 0 Å². The van der Waals surface area contributed by atoms with Crippen LogP contribution in [-0.4, -0.2) is 19.1 Å². The topological polar surface area (TPSA) is 25.4 Å². The van der Waals surface area contributed by atoms with Gasteiger partial charge in [-0.3, -0.25) is 0 Å². The van der Waals surface area contributed by atoms with Gasteiger partial charge in [-0.05, 0) is 36.8 Å². The first-order valence-corrected chi connectivity index (χ1v) is 6.11. The van der Waals surface area contributed by atoms with Gasteiger partial charge in [0.2, 0.25) is 5.95 Å². The zero-order valence-electron chi connectivity index (χ0n) is 11.3. The quantitative estimate of drug-likeness (QED) is 0.787. The van der Waals surface area contributed by atoms with E-state index in [4.69, 9.17) is 4.74 Å². The standard InChI is InChI=1S/C15H17FN2O/c1-11(12-7-9-13(19-3)10-8-12)18(2)15-6-4-5-14(16)17-15/h4-11H,1-3H3. The number of benzene rings is 1. The van der Waals surface area contributed by atoms with Gasteiger partial charge in [-0.25, -0.2) is 4.98 Å². The van der Waals surface area contributed by atoms with Crippen LogP contribution in [0.2, 0.25) is 0 Å². The molecule has 4 heteroatoms. The van der Waals surface area contributed by atoms with Crippen LogP contribution in [0, 0.1) is 5.95 Å². The van der Waals surface area contributed by atoms with Gasteiger partial charge < -0.3 is 9.64 Å². The van der Waals surface area contributed by atoms with E-state index in [-0.39, 0.29) is 6.04 Å². The molecular formula is C15H17FN2O. The Labute approximate surface area is 112 Å². The summed E-state index contributed by atoms with van der Waals surface area (Å²) in [7, 11) is 3.54. The molecule has 1 atom stereocenters. The number of aromatic nitrogens is 1. The molecule has 100 valence electrons. The number of ether oxygens (including phenoxy) is 1. The van der Waals surface area contributed by atoms with Crippen LogP contribution in [0.25, 0.3) is 0 Å². The average molecular weight is 260 g/mol. The van der Waals surface area contributed by atoms with Crippen LogP contribution in [0.15, 0.2) is 42.5 Å². The minimum Gasteiger partial charge on any atom is -0.497 e. The van der Waals surface area contributed by atoms with Crippen LogP contribution in [0.1, 0.15) is 18.5 Å². The average Bonchev–Trinajstić information content (AvgIpc) is 2.46. The highest BCUT2D eigenvalue weighted by molar-refractivity contribution is 5.41. The van der Waals surface area contributed by atoms with Crippen molar-refractivity contribution < 1.29 is 9.13 Å². The van der Waals surface area contributed by atoms with E-state index in [1.807, 2.05) is 43.1 Å². The van der Waals surface area contributed by atoms with Gasteiger partial charge in [-0.2, -0.15) is 4.39 Å². The molecule has 0 aliphatic heterocycles. The Morgan fingerprint density at radius 2 is 1.84 bits per heavy atom. The Balaban J connectivity index is 2.20. The van der Waals surface area contributed by atoms with Crippen LogP contribution in [0.3, 0.4) is 0 Å². The Hall–Kier alpha value is -2.10. The largest absolute Gasteiger partial charge is 0.497 e. The molecule has 1 aromatic carbocycles. The predicted octanol–water partition coefficient (Wildman–Crippen LogP) is 3.43. The first kappa shape index (κ1) is 13.3. The normalized spacial score (nSPS) is 12.0. The van der Waals surface area contributed by atoms with Crippen molar-refractivity contribution in [1.29, 1.82) is 0 Å². The van der Waals surface area contributed by atoms with Crippen LogP contribution >= 0.6 is 0 Å². The molecule has 1 aromatic heterocycles. The van der Waals surface area contributed by atoms with Gasteiger partial charge in [0.05, 0.1) is 13.2 Å². The molecule has 0 aliphatic carbocycles. The zero-order chi connectivity index (χ0) is 13.8. The van der Waals surface area contributed by atoms with Gasteiger partial charge >= 0.3 is 0 Å². The molecule has 0 amide bonds. The molecule has 0 saturated heterocycles. The maximum absolute atomic E-state index is 13.1. The lowest BCUT2D eigenvalue weighted by Gasteiger charge is -2.26. The summed E-state index contributed by atoms with van der Waals surface area (Å²) < 4.78 is 18.3. The molecule has 0 N–H and O–H groups in total. The van der Waals surface area contributed by atoms with Crippen molar-refractivity contribution in [2.24, 2.45) is 0 Å². The Bertz CT molecular complexity index is 542. The summed E-state index contributed by atoms with van der Waals surface area (Å²) in [6, 6.07) is 12.7. The van der Waals surface area contributed by atoms with Crippen LogP contribution in [0.4, 0.5) is 10.2 Å². The third-order valence-corrected chi connectivity index (χ3v) is 3.24. The molecule has 0 spiro atoms. The number of anilines is 1. The molecule has 2 aromatic rings. The fourth-order valence-corrected chi connectivity index (χ4v) is 1.90. The van der Waals surface area contributed by atoms with Gasteiger partial charge in [-0.15, -0.1) is 0 Å².